The van der Waals surface area contributed by atoms with E-state index in [-0.39, 0.29) is 11.7 Å². The zero-order valence-corrected chi connectivity index (χ0v) is 15.8. The number of hydrazone groups is 1. The molecule has 1 atom stereocenters. The summed E-state index contributed by atoms with van der Waals surface area (Å²) in [7, 11) is 0. The highest BCUT2D eigenvalue weighted by Gasteiger charge is 2.15. The molecule has 0 aliphatic rings. The average molecular weight is 378 g/mol. The summed E-state index contributed by atoms with van der Waals surface area (Å²) in [5.74, 6) is 0.697. The van der Waals surface area contributed by atoms with Crippen LogP contribution >= 0.6 is 0 Å². The van der Waals surface area contributed by atoms with Crippen LogP contribution in [-0.4, -0.2) is 29.9 Å². The minimum absolute atomic E-state index is 0.0557. The van der Waals surface area contributed by atoms with Crippen molar-refractivity contribution in [2.75, 3.05) is 6.61 Å². The second kappa shape index (κ2) is 8.90. The molecule has 0 aliphatic heterocycles. The minimum atomic E-state index is -0.721. The fourth-order valence-corrected chi connectivity index (χ4v) is 2.69. The topological polar surface area (TPSA) is 80.2 Å². The standard InChI is InChI=1S/C22H22N2O4/c1-3-27-21-13-16(11-12-19(21)25)14-23-24-22(26)15(2)28-20-10-6-8-17-7-4-5-9-18(17)20/h4-15,25H,3H2,1-2H3,(H,24,26)/b23-14+. The Bertz CT molecular complexity index is 995. The zero-order valence-electron chi connectivity index (χ0n) is 15.8. The number of ether oxygens (including phenoxy) is 2. The van der Waals surface area contributed by atoms with Crippen molar-refractivity contribution in [3.8, 4) is 17.2 Å². The Morgan fingerprint density at radius 1 is 1.14 bits per heavy atom. The molecule has 3 aromatic rings. The molecule has 0 saturated heterocycles. The number of hydrogen-bond acceptors (Lipinski definition) is 5. The summed E-state index contributed by atoms with van der Waals surface area (Å²) in [4.78, 5) is 12.3. The normalized spacial score (nSPS) is 12.1. The van der Waals surface area contributed by atoms with Crippen molar-refractivity contribution in [1.82, 2.24) is 5.43 Å². The van der Waals surface area contributed by atoms with Crippen LogP contribution in [0, 0.1) is 0 Å². The van der Waals surface area contributed by atoms with E-state index in [2.05, 4.69) is 10.5 Å². The van der Waals surface area contributed by atoms with Crippen molar-refractivity contribution in [3.05, 3.63) is 66.2 Å². The van der Waals surface area contributed by atoms with Crippen LogP contribution in [0.1, 0.15) is 19.4 Å². The summed E-state index contributed by atoms with van der Waals surface area (Å²) in [6.45, 7) is 3.94. The van der Waals surface area contributed by atoms with Gasteiger partial charge in [-0.3, -0.25) is 4.79 Å². The van der Waals surface area contributed by atoms with E-state index in [1.165, 1.54) is 12.3 Å². The van der Waals surface area contributed by atoms with Crippen LogP contribution in [0.2, 0.25) is 0 Å². The van der Waals surface area contributed by atoms with Crippen molar-refractivity contribution in [1.29, 1.82) is 0 Å². The SMILES string of the molecule is CCOc1cc(/C=N/NC(=O)C(C)Oc2cccc3ccccc23)ccc1O. The van der Waals surface area contributed by atoms with Gasteiger partial charge in [-0.2, -0.15) is 5.10 Å². The van der Waals surface area contributed by atoms with Crippen molar-refractivity contribution < 1.29 is 19.4 Å². The lowest BCUT2D eigenvalue weighted by atomic mass is 10.1. The maximum atomic E-state index is 12.3. The monoisotopic (exact) mass is 378 g/mol. The van der Waals surface area contributed by atoms with Gasteiger partial charge in [0.15, 0.2) is 17.6 Å². The minimum Gasteiger partial charge on any atom is -0.504 e. The number of benzene rings is 3. The Hall–Kier alpha value is -3.54. The predicted molar refractivity (Wildman–Crippen MR) is 109 cm³/mol. The lowest BCUT2D eigenvalue weighted by Gasteiger charge is -2.14. The Balaban J connectivity index is 1.63. The van der Waals surface area contributed by atoms with E-state index in [4.69, 9.17) is 9.47 Å². The van der Waals surface area contributed by atoms with Gasteiger partial charge in [0, 0.05) is 5.39 Å². The van der Waals surface area contributed by atoms with Crippen LogP contribution in [0.3, 0.4) is 0 Å². The first-order chi connectivity index (χ1) is 13.6. The summed E-state index contributed by atoms with van der Waals surface area (Å²) in [5.41, 5.74) is 3.15. The highest BCUT2D eigenvalue weighted by Crippen LogP contribution is 2.27. The van der Waals surface area contributed by atoms with Crippen molar-refractivity contribution in [2.45, 2.75) is 20.0 Å². The molecule has 3 aromatic carbocycles. The summed E-state index contributed by atoms with van der Waals surface area (Å²) < 4.78 is 11.1. The van der Waals surface area contributed by atoms with Gasteiger partial charge in [-0.05, 0) is 49.1 Å². The van der Waals surface area contributed by atoms with E-state index in [0.29, 0.717) is 23.7 Å². The molecule has 28 heavy (non-hydrogen) atoms. The smallest absolute Gasteiger partial charge is 0.280 e. The van der Waals surface area contributed by atoms with Gasteiger partial charge in [0.25, 0.3) is 5.91 Å². The predicted octanol–water partition coefficient (Wildman–Crippen LogP) is 3.86. The first-order valence-electron chi connectivity index (χ1n) is 9.01. The fourth-order valence-electron chi connectivity index (χ4n) is 2.69. The second-order valence-electron chi connectivity index (χ2n) is 6.13. The van der Waals surface area contributed by atoms with Gasteiger partial charge >= 0.3 is 0 Å². The maximum Gasteiger partial charge on any atom is 0.280 e. The Morgan fingerprint density at radius 3 is 2.75 bits per heavy atom. The molecule has 1 amide bonds. The summed E-state index contributed by atoms with van der Waals surface area (Å²) in [5, 5.41) is 15.7. The number of nitrogens with one attached hydrogen (secondary N) is 1. The van der Waals surface area contributed by atoms with Gasteiger partial charge in [-0.15, -0.1) is 0 Å². The number of fused-ring (bicyclic) bond motifs is 1. The van der Waals surface area contributed by atoms with E-state index in [1.54, 1.807) is 19.1 Å². The van der Waals surface area contributed by atoms with Crippen molar-refractivity contribution in [3.63, 3.8) is 0 Å². The maximum absolute atomic E-state index is 12.3. The molecule has 0 aliphatic carbocycles. The van der Waals surface area contributed by atoms with Crippen LogP contribution in [0.4, 0.5) is 0 Å². The number of carbonyl (C=O) groups is 1. The third-order valence-electron chi connectivity index (χ3n) is 4.09. The largest absolute Gasteiger partial charge is 0.504 e. The number of nitrogens with zero attached hydrogens (tertiary/aromatic N) is 1. The number of rotatable bonds is 7. The molecule has 0 bridgehead atoms. The van der Waals surface area contributed by atoms with Gasteiger partial charge in [-0.1, -0.05) is 36.4 Å². The fraction of sp³-hybridized carbons (Fsp3) is 0.182. The van der Waals surface area contributed by atoms with Gasteiger partial charge < -0.3 is 14.6 Å². The second-order valence-corrected chi connectivity index (χ2v) is 6.13. The van der Waals surface area contributed by atoms with Crippen LogP contribution in [0.15, 0.2) is 65.8 Å². The number of hydrogen-bond donors (Lipinski definition) is 2. The van der Waals surface area contributed by atoms with Gasteiger partial charge in [-0.25, -0.2) is 5.43 Å². The molecule has 6 nitrogen and oxygen atoms in total. The number of phenols is 1. The molecule has 0 fully saturated rings. The highest BCUT2D eigenvalue weighted by molar-refractivity contribution is 5.89. The molecular weight excluding hydrogens is 356 g/mol. The van der Waals surface area contributed by atoms with E-state index in [0.717, 1.165) is 10.8 Å². The van der Waals surface area contributed by atoms with Crippen LogP contribution in [0.25, 0.3) is 10.8 Å². The number of aromatic hydroxyl groups is 1. The van der Waals surface area contributed by atoms with Gasteiger partial charge in [0.05, 0.1) is 12.8 Å². The van der Waals surface area contributed by atoms with Crippen LogP contribution < -0.4 is 14.9 Å². The lowest BCUT2D eigenvalue weighted by Crippen LogP contribution is -2.33. The number of amides is 1. The summed E-state index contributed by atoms with van der Waals surface area (Å²) >= 11 is 0. The first-order valence-corrected chi connectivity index (χ1v) is 9.01. The number of carbonyl (C=O) groups excluding carboxylic acids is 1. The molecule has 0 aromatic heterocycles. The average Bonchev–Trinajstić information content (AvgIpc) is 2.70. The molecule has 3 rings (SSSR count). The van der Waals surface area contributed by atoms with Crippen LogP contribution in [0.5, 0.6) is 17.2 Å². The Kier molecular flexibility index (Phi) is 6.11. The van der Waals surface area contributed by atoms with Gasteiger partial charge in [0.1, 0.15) is 5.75 Å². The molecule has 6 heteroatoms. The lowest BCUT2D eigenvalue weighted by molar-refractivity contribution is -0.127. The third kappa shape index (κ3) is 4.59. The van der Waals surface area contributed by atoms with E-state index in [9.17, 15) is 9.90 Å². The quantitative estimate of drug-likeness (QED) is 0.483. The summed E-state index contributed by atoms with van der Waals surface area (Å²) in [6, 6.07) is 18.4. The van der Waals surface area contributed by atoms with E-state index in [1.807, 2.05) is 49.4 Å². The number of phenolic OH excluding ortho intramolecular Hbond substituents is 1. The molecule has 1 unspecified atom stereocenters. The van der Waals surface area contributed by atoms with Crippen molar-refractivity contribution in [2.24, 2.45) is 5.10 Å². The zero-order chi connectivity index (χ0) is 19.9. The third-order valence-corrected chi connectivity index (χ3v) is 4.09. The van der Waals surface area contributed by atoms with Crippen LogP contribution in [-0.2, 0) is 4.79 Å². The molecule has 0 radical (unpaired) electrons. The molecular formula is C22H22N2O4. The van der Waals surface area contributed by atoms with E-state index < -0.39 is 6.10 Å². The van der Waals surface area contributed by atoms with Crippen molar-refractivity contribution >= 4 is 22.9 Å². The van der Waals surface area contributed by atoms with Gasteiger partial charge in [0.2, 0.25) is 0 Å². The Labute approximate surface area is 163 Å². The molecule has 2 N–H and O–H groups in total. The molecule has 0 saturated carbocycles. The Morgan fingerprint density at radius 2 is 1.93 bits per heavy atom. The summed E-state index contributed by atoms with van der Waals surface area (Å²) in [6.07, 6.45) is 0.756. The first kappa shape index (κ1) is 19.2. The van der Waals surface area contributed by atoms with E-state index >= 15 is 0 Å². The molecule has 0 spiro atoms. The molecule has 0 heterocycles. The highest BCUT2D eigenvalue weighted by atomic mass is 16.5. The molecule has 144 valence electrons.